The smallest absolute Gasteiger partial charge is 0.165 e. The first-order valence-electron chi connectivity index (χ1n) is 5.22. The molecule has 86 valence electrons. The fraction of sp³-hybridized carbons (Fsp3) is 0.417. The Hall–Kier alpha value is -0.570. The minimum atomic E-state index is -0.827. The molecule has 1 aliphatic rings. The van der Waals surface area contributed by atoms with Crippen LogP contribution in [0.3, 0.4) is 0 Å². The maximum atomic E-state index is 11.7. The van der Waals surface area contributed by atoms with E-state index in [-0.39, 0.29) is 18.1 Å². The van der Waals surface area contributed by atoms with Crippen molar-refractivity contribution in [2.24, 2.45) is 5.92 Å². The quantitative estimate of drug-likeness (QED) is 0.902. The summed E-state index contributed by atoms with van der Waals surface area (Å²) in [6.07, 6.45) is 1.24. The summed E-state index contributed by atoms with van der Waals surface area (Å²) >= 11 is 11.7. The van der Waals surface area contributed by atoms with E-state index in [9.17, 15) is 9.90 Å². The van der Waals surface area contributed by atoms with Gasteiger partial charge in [-0.25, -0.2) is 0 Å². The monoisotopic (exact) mass is 258 g/mol. The van der Waals surface area contributed by atoms with Gasteiger partial charge in [-0.15, -0.1) is 0 Å². The number of carbonyl (C=O) groups is 1. The first-order valence-corrected chi connectivity index (χ1v) is 5.98. The number of hydrogen-bond acceptors (Lipinski definition) is 2. The second kappa shape index (κ2) is 4.74. The van der Waals surface area contributed by atoms with Crippen LogP contribution in [0.2, 0.25) is 10.0 Å². The van der Waals surface area contributed by atoms with Crippen molar-refractivity contribution in [3.63, 3.8) is 0 Å². The second-order valence-corrected chi connectivity index (χ2v) is 5.00. The molecule has 1 aromatic carbocycles. The fourth-order valence-corrected chi connectivity index (χ4v) is 2.11. The Balaban J connectivity index is 2.05. The molecule has 1 fully saturated rings. The van der Waals surface area contributed by atoms with Crippen LogP contribution in [0.4, 0.5) is 0 Å². The minimum absolute atomic E-state index is 0.160. The van der Waals surface area contributed by atoms with Crippen molar-refractivity contribution < 1.29 is 9.90 Å². The van der Waals surface area contributed by atoms with E-state index in [4.69, 9.17) is 23.2 Å². The van der Waals surface area contributed by atoms with Crippen LogP contribution in [0.15, 0.2) is 18.2 Å². The predicted molar refractivity (Wildman–Crippen MR) is 63.9 cm³/mol. The highest BCUT2D eigenvalue weighted by Crippen LogP contribution is 2.33. The molecular weight excluding hydrogens is 247 g/mol. The summed E-state index contributed by atoms with van der Waals surface area (Å²) in [4.78, 5) is 11.7. The van der Waals surface area contributed by atoms with E-state index >= 15 is 0 Å². The zero-order chi connectivity index (χ0) is 11.7. The Morgan fingerprint density at radius 1 is 1.44 bits per heavy atom. The Bertz CT molecular complexity index is 413. The second-order valence-electron chi connectivity index (χ2n) is 4.16. The number of hydrogen-bond donors (Lipinski definition) is 1. The van der Waals surface area contributed by atoms with Crippen LogP contribution >= 0.6 is 23.2 Å². The van der Waals surface area contributed by atoms with Crippen molar-refractivity contribution in [2.45, 2.75) is 25.4 Å². The van der Waals surface area contributed by atoms with Crippen LogP contribution in [0, 0.1) is 5.92 Å². The number of benzene rings is 1. The standard InChI is InChI=1S/C12H12Cl2O2/c13-9-4-3-8(10(14)6-9)5-11(15)12(16)7-1-2-7/h3-4,6-7,12,16H,1-2,5H2. The summed E-state index contributed by atoms with van der Waals surface area (Å²) in [5, 5.41) is 10.7. The number of carbonyl (C=O) groups excluding carboxylic acids is 1. The van der Waals surface area contributed by atoms with Crippen LogP contribution in [0.25, 0.3) is 0 Å². The molecule has 0 radical (unpaired) electrons. The van der Waals surface area contributed by atoms with E-state index in [0.717, 1.165) is 18.4 Å². The Morgan fingerprint density at radius 3 is 2.69 bits per heavy atom. The summed E-state index contributed by atoms with van der Waals surface area (Å²) in [6.45, 7) is 0. The highest BCUT2D eigenvalue weighted by Gasteiger charge is 2.34. The average molecular weight is 259 g/mol. The van der Waals surface area contributed by atoms with Crippen LogP contribution < -0.4 is 0 Å². The third-order valence-electron chi connectivity index (χ3n) is 2.78. The van der Waals surface area contributed by atoms with Crippen molar-refractivity contribution in [1.29, 1.82) is 0 Å². The van der Waals surface area contributed by atoms with E-state index in [2.05, 4.69) is 0 Å². The van der Waals surface area contributed by atoms with Gasteiger partial charge in [0.1, 0.15) is 6.10 Å². The Labute approximate surface area is 104 Å². The van der Waals surface area contributed by atoms with Crippen molar-refractivity contribution in [1.82, 2.24) is 0 Å². The third kappa shape index (κ3) is 2.76. The number of aliphatic hydroxyl groups excluding tert-OH is 1. The van der Waals surface area contributed by atoms with Crippen LogP contribution in [-0.2, 0) is 11.2 Å². The molecule has 1 unspecified atom stereocenters. The van der Waals surface area contributed by atoms with E-state index in [1.54, 1.807) is 18.2 Å². The van der Waals surface area contributed by atoms with Gasteiger partial charge in [0.05, 0.1) is 0 Å². The maximum Gasteiger partial charge on any atom is 0.165 e. The van der Waals surface area contributed by atoms with Crippen molar-refractivity contribution in [2.75, 3.05) is 0 Å². The van der Waals surface area contributed by atoms with Gasteiger partial charge in [-0.3, -0.25) is 4.79 Å². The first kappa shape index (κ1) is 11.9. The molecule has 0 bridgehead atoms. The molecule has 4 heteroatoms. The zero-order valence-corrected chi connectivity index (χ0v) is 10.1. The van der Waals surface area contributed by atoms with Gasteiger partial charge in [-0.1, -0.05) is 29.3 Å². The highest BCUT2D eigenvalue weighted by atomic mass is 35.5. The molecule has 0 saturated heterocycles. The van der Waals surface area contributed by atoms with E-state index in [1.807, 2.05) is 0 Å². The van der Waals surface area contributed by atoms with Crippen LogP contribution in [0.5, 0.6) is 0 Å². The summed E-state index contributed by atoms with van der Waals surface area (Å²) in [5.41, 5.74) is 0.718. The molecule has 1 N–H and O–H groups in total. The minimum Gasteiger partial charge on any atom is -0.385 e. The summed E-state index contributed by atoms with van der Waals surface area (Å²) in [6, 6.07) is 5.02. The summed E-state index contributed by atoms with van der Waals surface area (Å²) in [7, 11) is 0. The maximum absolute atomic E-state index is 11.7. The van der Waals surface area contributed by atoms with E-state index < -0.39 is 6.10 Å². The molecule has 0 spiro atoms. The predicted octanol–water partition coefficient (Wildman–Crippen LogP) is 2.88. The lowest BCUT2D eigenvalue weighted by Crippen LogP contribution is -2.24. The van der Waals surface area contributed by atoms with Gasteiger partial charge in [0.2, 0.25) is 0 Å². The van der Waals surface area contributed by atoms with Gasteiger partial charge < -0.3 is 5.11 Å². The average Bonchev–Trinajstić information content (AvgIpc) is 3.04. The lowest BCUT2D eigenvalue weighted by atomic mass is 10.0. The highest BCUT2D eigenvalue weighted by molar-refractivity contribution is 6.35. The lowest BCUT2D eigenvalue weighted by molar-refractivity contribution is -0.127. The van der Waals surface area contributed by atoms with Crippen LogP contribution in [0.1, 0.15) is 18.4 Å². The Morgan fingerprint density at radius 2 is 2.12 bits per heavy atom. The number of Topliss-reactive ketones (excluding diaryl/α,β-unsaturated/α-hetero) is 1. The third-order valence-corrected chi connectivity index (χ3v) is 3.37. The molecule has 1 atom stereocenters. The molecule has 0 heterocycles. The number of aliphatic hydroxyl groups is 1. The fourth-order valence-electron chi connectivity index (χ4n) is 1.63. The molecule has 2 rings (SSSR count). The number of halogens is 2. The van der Waals surface area contributed by atoms with Crippen molar-refractivity contribution >= 4 is 29.0 Å². The zero-order valence-electron chi connectivity index (χ0n) is 8.62. The van der Waals surface area contributed by atoms with Gasteiger partial charge in [0.25, 0.3) is 0 Å². The molecule has 1 aromatic rings. The van der Waals surface area contributed by atoms with Crippen molar-refractivity contribution in [3.05, 3.63) is 33.8 Å². The SMILES string of the molecule is O=C(Cc1ccc(Cl)cc1Cl)C(O)C1CC1. The lowest BCUT2D eigenvalue weighted by Gasteiger charge is -2.09. The molecule has 2 nitrogen and oxygen atoms in total. The van der Waals surface area contributed by atoms with Gasteiger partial charge in [0, 0.05) is 16.5 Å². The van der Waals surface area contributed by atoms with Gasteiger partial charge in [-0.2, -0.15) is 0 Å². The van der Waals surface area contributed by atoms with Crippen LogP contribution in [-0.4, -0.2) is 17.0 Å². The molecule has 0 aromatic heterocycles. The molecule has 1 saturated carbocycles. The molecule has 0 amide bonds. The Kier molecular flexibility index (Phi) is 3.53. The summed E-state index contributed by atoms with van der Waals surface area (Å²) in [5.74, 6) is 0.00491. The molecule has 1 aliphatic carbocycles. The van der Waals surface area contributed by atoms with Gasteiger partial charge in [0.15, 0.2) is 5.78 Å². The topological polar surface area (TPSA) is 37.3 Å². The normalized spacial score (nSPS) is 17.2. The van der Waals surface area contributed by atoms with Gasteiger partial charge >= 0.3 is 0 Å². The number of ketones is 1. The van der Waals surface area contributed by atoms with Gasteiger partial charge in [-0.05, 0) is 36.5 Å². The molecule has 16 heavy (non-hydrogen) atoms. The van der Waals surface area contributed by atoms with E-state index in [1.165, 1.54) is 0 Å². The van der Waals surface area contributed by atoms with E-state index in [0.29, 0.717) is 10.0 Å². The molecule has 0 aliphatic heterocycles. The van der Waals surface area contributed by atoms with Crippen molar-refractivity contribution in [3.8, 4) is 0 Å². The molecular formula is C12H12Cl2O2. The number of rotatable bonds is 4. The largest absolute Gasteiger partial charge is 0.385 e. The summed E-state index contributed by atoms with van der Waals surface area (Å²) < 4.78 is 0. The first-order chi connectivity index (χ1) is 7.58.